The fraction of sp³-hybridized carbons (Fsp3) is 0.0769. The van der Waals surface area contributed by atoms with Gasteiger partial charge in [0.1, 0.15) is 16.8 Å². The molecule has 0 aliphatic carbocycles. The van der Waals surface area contributed by atoms with Gasteiger partial charge in [0.2, 0.25) is 0 Å². The van der Waals surface area contributed by atoms with Crippen LogP contribution in [0.5, 0.6) is 0 Å². The number of nitrogens with two attached hydrogens (primary N) is 1. The normalized spacial score (nSPS) is 10.8. The second kappa shape index (κ2) is 5.19. The molecule has 0 saturated carbocycles. The molecule has 0 radical (unpaired) electrons. The first kappa shape index (κ1) is 13.8. The van der Waals surface area contributed by atoms with E-state index in [4.69, 9.17) is 11.0 Å². The van der Waals surface area contributed by atoms with Crippen molar-refractivity contribution in [2.75, 3.05) is 10.5 Å². The SMILES string of the molecule is Cc1cc(NS(=O)(=O)c2ccccc2C#N)ncc1N. The third kappa shape index (κ3) is 2.70. The predicted molar refractivity (Wildman–Crippen MR) is 75.4 cm³/mol. The van der Waals surface area contributed by atoms with Crippen molar-refractivity contribution in [3.05, 3.63) is 47.7 Å². The van der Waals surface area contributed by atoms with Crippen molar-refractivity contribution < 1.29 is 8.42 Å². The Kier molecular flexibility index (Phi) is 3.59. The Morgan fingerprint density at radius 3 is 2.70 bits per heavy atom. The van der Waals surface area contributed by atoms with Crippen LogP contribution in [0.3, 0.4) is 0 Å². The Balaban J connectivity index is 2.41. The molecule has 6 nitrogen and oxygen atoms in total. The summed E-state index contributed by atoms with van der Waals surface area (Å²) in [6.07, 6.45) is 1.38. The molecular weight excluding hydrogens is 276 g/mol. The molecule has 0 aliphatic heterocycles. The summed E-state index contributed by atoms with van der Waals surface area (Å²) in [4.78, 5) is 3.82. The molecule has 0 saturated heterocycles. The number of nitrogens with one attached hydrogen (secondary N) is 1. The molecule has 0 atom stereocenters. The number of nitrogen functional groups attached to an aromatic ring is 1. The van der Waals surface area contributed by atoms with E-state index in [-0.39, 0.29) is 16.3 Å². The number of nitrogens with zero attached hydrogens (tertiary/aromatic N) is 2. The minimum atomic E-state index is -3.86. The Morgan fingerprint density at radius 1 is 1.35 bits per heavy atom. The molecule has 0 fully saturated rings. The number of hydrogen-bond acceptors (Lipinski definition) is 5. The second-order valence-corrected chi connectivity index (χ2v) is 5.79. The van der Waals surface area contributed by atoms with Gasteiger partial charge in [0.05, 0.1) is 17.4 Å². The van der Waals surface area contributed by atoms with Crippen LogP contribution in [0.15, 0.2) is 41.4 Å². The maximum absolute atomic E-state index is 12.2. The summed E-state index contributed by atoms with van der Waals surface area (Å²) < 4.78 is 26.8. The largest absolute Gasteiger partial charge is 0.397 e. The quantitative estimate of drug-likeness (QED) is 0.892. The summed E-state index contributed by atoms with van der Waals surface area (Å²) in [7, 11) is -3.86. The summed E-state index contributed by atoms with van der Waals surface area (Å²) in [5.41, 5.74) is 6.89. The van der Waals surface area contributed by atoms with E-state index in [0.29, 0.717) is 11.3 Å². The van der Waals surface area contributed by atoms with Crippen LogP contribution < -0.4 is 10.5 Å². The number of hydrogen-bond donors (Lipinski definition) is 2. The number of rotatable bonds is 3. The average molecular weight is 288 g/mol. The molecule has 20 heavy (non-hydrogen) atoms. The standard InChI is InChI=1S/C13H12N4O2S/c1-9-6-13(16-8-11(9)15)17-20(18,19)12-5-3-2-4-10(12)7-14/h2-6,8H,15H2,1H3,(H,16,17). The third-order valence-electron chi connectivity index (χ3n) is 2.69. The van der Waals surface area contributed by atoms with E-state index in [1.807, 2.05) is 6.07 Å². The van der Waals surface area contributed by atoms with Gasteiger partial charge in [-0.15, -0.1) is 0 Å². The molecule has 0 amide bonds. The van der Waals surface area contributed by atoms with Crippen LogP contribution >= 0.6 is 0 Å². The molecule has 1 aromatic carbocycles. The van der Waals surface area contributed by atoms with Crippen molar-refractivity contribution >= 4 is 21.5 Å². The number of aromatic nitrogens is 1. The summed E-state index contributed by atoms with van der Waals surface area (Å²) in [6, 6.07) is 9.34. The molecular formula is C13H12N4O2S. The summed E-state index contributed by atoms with van der Waals surface area (Å²) in [5.74, 6) is 0.157. The second-order valence-electron chi connectivity index (χ2n) is 4.14. The first-order valence-electron chi connectivity index (χ1n) is 5.68. The lowest BCUT2D eigenvalue weighted by molar-refractivity contribution is 0.601. The van der Waals surface area contributed by atoms with Gasteiger partial charge in [-0.05, 0) is 30.7 Å². The van der Waals surface area contributed by atoms with Crippen LogP contribution in [0.4, 0.5) is 11.5 Å². The van der Waals surface area contributed by atoms with Gasteiger partial charge in [0.15, 0.2) is 0 Å². The Hall–Kier alpha value is -2.59. The van der Waals surface area contributed by atoms with Gasteiger partial charge in [0, 0.05) is 0 Å². The van der Waals surface area contributed by atoms with Gasteiger partial charge in [-0.25, -0.2) is 13.4 Å². The number of benzene rings is 1. The maximum atomic E-state index is 12.2. The summed E-state index contributed by atoms with van der Waals surface area (Å²) in [6.45, 7) is 1.75. The Bertz CT molecular complexity index is 794. The molecule has 2 aromatic rings. The maximum Gasteiger partial charge on any atom is 0.264 e. The first-order chi connectivity index (χ1) is 9.44. The zero-order valence-corrected chi connectivity index (χ0v) is 11.5. The highest BCUT2D eigenvalue weighted by Crippen LogP contribution is 2.20. The van der Waals surface area contributed by atoms with Crippen molar-refractivity contribution in [1.82, 2.24) is 4.98 Å². The van der Waals surface area contributed by atoms with Crippen LogP contribution in [0, 0.1) is 18.3 Å². The molecule has 0 spiro atoms. The smallest absolute Gasteiger partial charge is 0.264 e. The lowest BCUT2D eigenvalue weighted by atomic mass is 10.2. The first-order valence-corrected chi connectivity index (χ1v) is 7.16. The average Bonchev–Trinajstić information content (AvgIpc) is 2.42. The van der Waals surface area contributed by atoms with Crippen molar-refractivity contribution in [1.29, 1.82) is 5.26 Å². The number of anilines is 2. The van der Waals surface area contributed by atoms with Gasteiger partial charge in [-0.2, -0.15) is 5.26 Å². The van der Waals surface area contributed by atoms with E-state index in [9.17, 15) is 8.42 Å². The number of pyridine rings is 1. The molecule has 3 N–H and O–H groups in total. The lowest BCUT2D eigenvalue weighted by Crippen LogP contribution is -2.15. The highest BCUT2D eigenvalue weighted by atomic mass is 32.2. The molecule has 7 heteroatoms. The van der Waals surface area contributed by atoms with Crippen LogP contribution in [-0.2, 0) is 10.0 Å². The van der Waals surface area contributed by atoms with Crippen molar-refractivity contribution in [2.24, 2.45) is 0 Å². The van der Waals surface area contributed by atoms with Gasteiger partial charge in [-0.3, -0.25) is 4.72 Å². The zero-order chi connectivity index (χ0) is 14.8. The van der Waals surface area contributed by atoms with E-state index < -0.39 is 10.0 Å². The van der Waals surface area contributed by atoms with Crippen molar-refractivity contribution in [3.63, 3.8) is 0 Å². The lowest BCUT2D eigenvalue weighted by Gasteiger charge is -2.09. The number of sulfonamides is 1. The van der Waals surface area contributed by atoms with Crippen LogP contribution in [0.2, 0.25) is 0 Å². The predicted octanol–water partition coefficient (Wildman–Crippen LogP) is 1.64. The Labute approximate surface area is 116 Å². The Morgan fingerprint density at radius 2 is 2.05 bits per heavy atom. The third-order valence-corrected chi connectivity index (χ3v) is 4.10. The molecule has 0 aliphatic rings. The van der Waals surface area contributed by atoms with Crippen LogP contribution in [-0.4, -0.2) is 13.4 Å². The van der Waals surface area contributed by atoms with E-state index in [1.54, 1.807) is 19.1 Å². The highest BCUT2D eigenvalue weighted by molar-refractivity contribution is 7.92. The highest BCUT2D eigenvalue weighted by Gasteiger charge is 2.18. The van der Waals surface area contributed by atoms with Gasteiger partial charge in [-0.1, -0.05) is 12.1 Å². The number of nitriles is 1. The van der Waals surface area contributed by atoms with Crippen molar-refractivity contribution in [2.45, 2.75) is 11.8 Å². The van der Waals surface area contributed by atoms with Gasteiger partial charge < -0.3 is 5.73 Å². The van der Waals surface area contributed by atoms with Crippen LogP contribution in [0.25, 0.3) is 0 Å². The minimum absolute atomic E-state index is 0.0761. The molecule has 2 rings (SSSR count). The number of aryl methyl sites for hydroxylation is 1. The van der Waals surface area contributed by atoms with Crippen molar-refractivity contribution in [3.8, 4) is 6.07 Å². The fourth-order valence-electron chi connectivity index (χ4n) is 1.61. The zero-order valence-electron chi connectivity index (χ0n) is 10.7. The molecule has 0 bridgehead atoms. The van der Waals surface area contributed by atoms with Crippen LogP contribution in [0.1, 0.15) is 11.1 Å². The summed E-state index contributed by atoms with van der Waals surface area (Å²) in [5, 5.41) is 8.95. The van der Waals surface area contributed by atoms with E-state index in [0.717, 1.165) is 0 Å². The van der Waals surface area contributed by atoms with Gasteiger partial charge in [0.25, 0.3) is 10.0 Å². The molecule has 1 aromatic heterocycles. The van der Waals surface area contributed by atoms with E-state index in [2.05, 4.69) is 9.71 Å². The fourth-order valence-corrected chi connectivity index (χ4v) is 2.77. The molecule has 102 valence electrons. The summed E-state index contributed by atoms with van der Waals surface area (Å²) >= 11 is 0. The minimum Gasteiger partial charge on any atom is -0.397 e. The van der Waals surface area contributed by atoms with E-state index in [1.165, 1.54) is 24.4 Å². The molecule has 0 unspecified atom stereocenters. The topological polar surface area (TPSA) is 109 Å². The monoisotopic (exact) mass is 288 g/mol. The van der Waals surface area contributed by atoms with Gasteiger partial charge >= 0.3 is 0 Å². The van der Waals surface area contributed by atoms with E-state index >= 15 is 0 Å². The molecule has 1 heterocycles.